The fourth-order valence-corrected chi connectivity index (χ4v) is 2.17. The van der Waals surface area contributed by atoms with E-state index in [1.165, 1.54) is 13.2 Å². The smallest absolute Gasteiger partial charge is 0.159 e. The van der Waals surface area contributed by atoms with Gasteiger partial charge in [0.2, 0.25) is 0 Å². The molecule has 2 aromatic rings. The van der Waals surface area contributed by atoms with E-state index in [0.29, 0.717) is 21.9 Å². The lowest BCUT2D eigenvalue weighted by Gasteiger charge is -2.20. The Morgan fingerprint density at radius 2 is 1.90 bits per heavy atom. The highest BCUT2D eigenvalue weighted by atomic mass is 35.5. The van der Waals surface area contributed by atoms with Gasteiger partial charge in [-0.3, -0.25) is 5.84 Å². The number of nitrogens with one attached hydrogen (secondary N) is 1. The van der Waals surface area contributed by atoms with Crippen molar-refractivity contribution < 1.29 is 13.5 Å². The second kappa shape index (κ2) is 6.17. The average molecular weight is 299 g/mol. The van der Waals surface area contributed by atoms with Crippen LogP contribution in [0.2, 0.25) is 5.02 Å². The van der Waals surface area contributed by atoms with E-state index in [2.05, 4.69) is 5.43 Å². The zero-order chi connectivity index (χ0) is 14.7. The summed E-state index contributed by atoms with van der Waals surface area (Å²) in [4.78, 5) is 0. The van der Waals surface area contributed by atoms with Crippen LogP contribution in [0.25, 0.3) is 0 Å². The zero-order valence-corrected chi connectivity index (χ0v) is 11.4. The van der Waals surface area contributed by atoms with Gasteiger partial charge in [0, 0.05) is 10.6 Å². The lowest BCUT2D eigenvalue weighted by Crippen LogP contribution is -2.29. The molecule has 0 radical (unpaired) electrons. The summed E-state index contributed by atoms with van der Waals surface area (Å²) < 4.78 is 31.6. The van der Waals surface area contributed by atoms with Crippen LogP contribution in [-0.4, -0.2) is 7.11 Å². The average Bonchev–Trinajstić information content (AvgIpc) is 2.44. The van der Waals surface area contributed by atoms with Crippen LogP contribution in [-0.2, 0) is 0 Å². The van der Waals surface area contributed by atoms with Crippen LogP contribution in [0.4, 0.5) is 8.78 Å². The summed E-state index contributed by atoms with van der Waals surface area (Å²) >= 11 is 5.96. The summed E-state index contributed by atoms with van der Waals surface area (Å²) in [6.07, 6.45) is 0. The third-order valence-electron chi connectivity index (χ3n) is 2.95. The highest BCUT2D eigenvalue weighted by Gasteiger charge is 2.19. The monoisotopic (exact) mass is 298 g/mol. The minimum Gasteiger partial charge on any atom is -0.496 e. The summed E-state index contributed by atoms with van der Waals surface area (Å²) in [5.74, 6) is 4.22. The summed E-state index contributed by atoms with van der Waals surface area (Å²) in [6.45, 7) is 0. The number of hydrazine groups is 1. The molecule has 0 aliphatic heterocycles. The van der Waals surface area contributed by atoms with E-state index in [1.807, 2.05) is 0 Å². The van der Waals surface area contributed by atoms with E-state index in [1.54, 1.807) is 18.2 Å². The van der Waals surface area contributed by atoms with Crippen LogP contribution in [0.15, 0.2) is 36.4 Å². The largest absolute Gasteiger partial charge is 0.496 e. The minimum absolute atomic E-state index is 0.465. The molecule has 2 rings (SSSR count). The molecule has 3 nitrogen and oxygen atoms in total. The van der Waals surface area contributed by atoms with Crippen molar-refractivity contribution in [2.75, 3.05) is 7.11 Å². The molecule has 0 saturated heterocycles. The number of ether oxygens (including phenoxy) is 1. The number of rotatable bonds is 4. The van der Waals surface area contributed by atoms with Gasteiger partial charge in [0.05, 0.1) is 13.2 Å². The van der Waals surface area contributed by atoms with Crippen molar-refractivity contribution in [1.29, 1.82) is 0 Å². The third-order valence-corrected chi connectivity index (χ3v) is 3.18. The van der Waals surface area contributed by atoms with Crippen LogP contribution in [0, 0.1) is 11.6 Å². The third kappa shape index (κ3) is 2.90. The van der Waals surface area contributed by atoms with Gasteiger partial charge in [0.1, 0.15) is 5.75 Å². The van der Waals surface area contributed by atoms with Crippen LogP contribution >= 0.6 is 11.6 Å². The molecule has 0 heterocycles. The predicted octanol–water partition coefficient (Wildman–Crippen LogP) is 3.18. The number of hydrogen-bond acceptors (Lipinski definition) is 3. The Bertz CT molecular complexity index is 622. The van der Waals surface area contributed by atoms with Gasteiger partial charge in [0.25, 0.3) is 0 Å². The molecular weight excluding hydrogens is 286 g/mol. The van der Waals surface area contributed by atoms with Crippen molar-refractivity contribution in [3.05, 3.63) is 64.2 Å². The maximum absolute atomic E-state index is 13.4. The lowest BCUT2D eigenvalue weighted by atomic mass is 9.98. The fourth-order valence-electron chi connectivity index (χ4n) is 1.99. The molecule has 1 atom stereocenters. The van der Waals surface area contributed by atoms with E-state index >= 15 is 0 Å². The van der Waals surface area contributed by atoms with Gasteiger partial charge >= 0.3 is 0 Å². The summed E-state index contributed by atoms with van der Waals surface area (Å²) in [7, 11) is 1.51. The summed E-state index contributed by atoms with van der Waals surface area (Å²) in [5.41, 5.74) is 3.65. The van der Waals surface area contributed by atoms with E-state index in [-0.39, 0.29) is 0 Å². The van der Waals surface area contributed by atoms with Crippen LogP contribution < -0.4 is 16.0 Å². The van der Waals surface area contributed by atoms with E-state index < -0.39 is 17.7 Å². The molecule has 3 N–H and O–H groups in total. The number of methoxy groups -OCH3 is 1. The van der Waals surface area contributed by atoms with E-state index in [4.69, 9.17) is 22.2 Å². The SMILES string of the molecule is COc1ccc(Cl)cc1C(NN)c1ccc(F)c(F)c1. The Hall–Kier alpha value is -1.69. The highest BCUT2D eigenvalue weighted by molar-refractivity contribution is 6.30. The molecule has 1 unspecified atom stereocenters. The molecule has 2 aromatic carbocycles. The molecule has 6 heteroatoms. The Kier molecular flexibility index (Phi) is 4.54. The van der Waals surface area contributed by atoms with Gasteiger partial charge in [0.15, 0.2) is 11.6 Å². The second-order valence-corrected chi connectivity index (χ2v) is 4.60. The first-order chi connectivity index (χ1) is 9.56. The molecule has 0 bridgehead atoms. The number of nitrogens with two attached hydrogens (primary N) is 1. The van der Waals surface area contributed by atoms with Gasteiger partial charge in [-0.2, -0.15) is 0 Å². The van der Waals surface area contributed by atoms with Crippen LogP contribution in [0.5, 0.6) is 5.75 Å². The maximum atomic E-state index is 13.4. The maximum Gasteiger partial charge on any atom is 0.159 e. The molecule has 20 heavy (non-hydrogen) atoms. The number of hydrogen-bond donors (Lipinski definition) is 2. The first-order valence-electron chi connectivity index (χ1n) is 5.81. The quantitative estimate of drug-likeness (QED) is 0.673. The van der Waals surface area contributed by atoms with Crippen molar-refractivity contribution in [2.24, 2.45) is 5.84 Å². The van der Waals surface area contributed by atoms with Gasteiger partial charge in [-0.05, 0) is 35.9 Å². The predicted molar refractivity (Wildman–Crippen MR) is 73.5 cm³/mol. The van der Waals surface area contributed by atoms with Gasteiger partial charge in [-0.1, -0.05) is 17.7 Å². The Morgan fingerprint density at radius 1 is 1.15 bits per heavy atom. The second-order valence-electron chi connectivity index (χ2n) is 4.16. The normalized spacial score (nSPS) is 12.2. The number of benzene rings is 2. The van der Waals surface area contributed by atoms with Crippen molar-refractivity contribution in [1.82, 2.24) is 5.43 Å². The Morgan fingerprint density at radius 3 is 2.50 bits per heavy atom. The topological polar surface area (TPSA) is 47.3 Å². The zero-order valence-electron chi connectivity index (χ0n) is 10.7. The first-order valence-corrected chi connectivity index (χ1v) is 6.19. The van der Waals surface area contributed by atoms with Crippen molar-refractivity contribution in [3.63, 3.8) is 0 Å². The van der Waals surface area contributed by atoms with E-state index in [0.717, 1.165) is 12.1 Å². The molecule has 0 fully saturated rings. The highest BCUT2D eigenvalue weighted by Crippen LogP contribution is 2.32. The molecule has 0 amide bonds. The molecule has 0 spiro atoms. The Labute approximate surface area is 120 Å². The van der Waals surface area contributed by atoms with E-state index in [9.17, 15) is 8.78 Å². The van der Waals surface area contributed by atoms with Crippen molar-refractivity contribution in [3.8, 4) is 5.75 Å². The van der Waals surface area contributed by atoms with Crippen molar-refractivity contribution >= 4 is 11.6 Å². The Balaban J connectivity index is 2.51. The van der Waals surface area contributed by atoms with Crippen LogP contribution in [0.3, 0.4) is 0 Å². The number of halogens is 3. The van der Waals surface area contributed by atoms with Gasteiger partial charge in [-0.15, -0.1) is 0 Å². The molecule has 0 aromatic heterocycles. The summed E-state index contributed by atoms with van der Waals surface area (Å²) in [6, 6.07) is 8.02. The molecular formula is C14H13ClF2N2O. The lowest BCUT2D eigenvalue weighted by molar-refractivity contribution is 0.404. The summed E-state index contributed by atoms with van der Waals surface area (Å²) in [5, 5.41) is 0.489. The molecule has 0 saturated carbocycles. The molecule has 0 aliphatic rings. The molecule has 0 aliphatic carbocycles. The fraction of sp³-hybridized carbons (Fsp3) is 0.143. The van der Waals surface area contributed by atoms with Gasteiger partial charge in [-0.25, -0.2) is 14.2 Å². The molecule has 106 valence electrons. The van der Waals surface area contributed by atoms with Gasteiger partial charge < -0.3 is 4.74 Å². The standard InChI is InChI=1S/C14H13ClF2N2O/c1-20-13-5-3-9(15)7-10(13)14(19-18)8-2-4-11(16)12(17)6-8/h2-7,14,19H,18H2,1H3. The minimum atomic E-state index is -0.941. The van der Waals surface area contributed by atoms with Crippen molar-refractivity contribution in [2.45, 2.75) is 6.04 Å². The van der Waals surface area contributed by atoms with Crippen LogP contribution in [0.1, 0.15) is 17.2 Å². The first kappa shape index (κ1) is 14.7.